The summed E-state index contributed by atoms with van der Waals surface area (Å²) in [6, 6.07) is -1.44. The second kappa shape index (κ2) is 8.46. The number of hydrogen-bond donors (Lipinski definition) is 3. The molecule has 7 nitrogen and oxygen atoms in total. The highest BCUT2D eigenvalue weighted by atomic mass is 16.5. The third-order valence-corrected chi connectivity index (χ3v) is 2.20. The van der Waals surface area contributed by atoms with Crippen LogP contribution < -0.4 is 11.1 Å². The number of nitrogens with one attached hydrogen (secondary N) is 1. The van der Waals surface area contributed by atoms with Gasteiger partial charge in [0.05, 0.1) is 18.5 Å². The number of carboxylic acid groups (broad SMARTS) is 1. The third kappa shape index (κ3) is 7.61. The average molecular weight is 260 g/mol. The average Bonchev–Trinajstić information content (AvgIpc) is 2.25. The monoisotopic (exact) mass is 260 g/mol. The molecular weight excluding hydrogens is 240 g/mol. The van der Waals surface area contributed by atoms with Crippen molar-refractivity contribution in [3.63, 3.8) is 0 Å². The summed E-state index contributed by atoms with van der Waals surface area (Å²) >= 11 is 0. The number of ether oxygens (including phenoxy) is 1. The molecule has 0 aliphatic carbocycles. The summed E-state index contributed by atoms with van der Waals surface area (Å²) in [5, 5.41) is 11.1. The molecule has 0 bridgehead atoms. The molecule has 0 saturated carbocycles. The molecule has 0 rings (SSSR count). The topological polar surface area (TPSA) is 119 Å². The molecule has 2 atom stereocenters. The molecule has 0 unspecified atom stereocenters. The number of esters is 1. The molecule has 104 valence electrons. The van der Waals surface area contributed by atoms with Crippen LogP contribution in [0.1, 0.15) is 33.1 Å². The first-order chi connectivity index (χ1) is 8.36. The van der Waals surface area contributed by atoms with Crippen LogP contribution in [-0.2, 0) is 19.1 Å². The van der Waals surface area contributed by atoms with E-state index in [9.17, 15) is 14.4 Å². The second-order valence-corrected chi connectivity index (χ2v) is 4.00. The standard InChI is InChI=1S/C11H20N2O5/c1-3-4-8(6-18-7(2)14)13-11(17)9(12)5-10(15)16/h8-9H,3-6,12H2,1-2H3,(H,13,17)(H,15,16)/t8-,9+/m0/s1. The zero-order valence-electron chi connectivity index (χ0n) is 10.6. The second-order valence-electron chi connectivity index (χ2n) is 4.00. The lowest BCUT2D eigenvalue weighted by molar-refractivity contribution is -0.142. The van der Waals surface area contributed by atoms with Gasteiger partial charge in [0.15, 0.2) is 0 Å². The molecule has 18 heavy (non-hydrogen) atoms. The first-order valence-electron chi connectivity index (χ1n) is 5.77. The highest BCUT2D eigenvalue weighted by molar-refractivity contribution is 5.86. The van der Waals surface area contributed by atoms with Crippen molar-refractivity contribution in [3.8, 4) is 0 Å². The van der Waals surface area contributed by atoms with Gasteiger partial charge in [0.1, 0.15) is 6.61 Å². The van der Waals surface area contributed by atoms with E-state index >= 15 is 0 Å². The molecule has 0 radical (unpaired) electrons. The predicted molar refractivity (Wildman–Crippen MR) is 63.7 cm³/mol. The van der Waals surface area contributed by atoms with Crippen molar-refractivity contribution in [2.75, 3.05) is 6.61 Å². The Bertz CT molecular complexity index is 306. The maximum Gasteiger partial charge on any atom is 0.305 e. The maximum absolute atomic E-state index is 11.6. The van der Waals surface area contributed by atoms with Crippen molar-refractivity contribution in [2.24, 2.45) is 5.73 Å². The SMILES string of the molecule is CCC[C@@H](COC(C)=O)NC(=O)[C@H](N)CC(=O)O. The van der Waals surface area contributed by atoms with Gasteiger partial charge < -0.3 is 20.9 Å². The van der Waals surface area contributed by atoms with E-state index in [2.05, 4.69) is 5.32 Å². The molecular formula is C11H20N2O5. The molecule has 0 aliphatic heterocycles. The van der Waals surface area contributed by atoms with Crippen molar-refractivity contribution >= 4 is 17.8 Å². The quantitative estimate of drug-likeness (QED) is 0.513. The van der Waals surface area contributed by atoms with Gasteiger partial charge in [-0.15, -0.1) is 0 Å². The molecule has 0 heterocycles. The van der Waals surface area contributed by atoms with Crippen molar-refractivity contribution in [1.82, 2.24) is 5.32 Å². The summed E-state index contributed by atoms with van der Waals surface area (Å²) in [6.45, 7) is 3.26. The normalized spacial score (nSPS) is 13.5. The minimum absolute atomic E-state index is 0.0642. The number of carboxylic acids is 1. The Hall–Kier alpha value is -1.63. The number of nitrogens with two attached hydrogens (primary N) is 1. The Morgan fingerprint density at radius 1 is 1.39 bits per heavy atom. The Kier molecular flexibility index (Phi) is 7.69. The fourth-order valence-corrected chi connectivity index (χ4v) is 1.35. The lowest BCUT2D eigenvalue weighted by atomic mass is 10.1. The van der Waals surface area contributed by atoms with E-state index in [0.29, 0.717) is 6.42 Å². The molecule has 4 N–H and O–H groups in total. The Morgan fingerprint density at radius 3 is 2.44 bits per heavy atom. The number of carbonyl (C=O) groups is 3. The van der Waals surface area contributed by atoms with E-state index in [1.807, 2.05) is 6.92 Å². The fraction of sp³-hybridized carbons (Fsp3) is 0.727. The number of carbonyl (C=O) groups excluding carboxylic acids is 2. The predicted octanol–water partition coefficient (Wildman–Crippen LogP) is -0.364. The zero-order valence-corrected chi connectivity index (χ0v) is 10.6. The highest BCUT2D eigenvalue weighted by Crippen LogP contribution is 1.99. The Morgan fingerprint density at radius 2 is 2.00 bits per heavy atom. The van der Waals surface area contributed by atoms with E-state index in [-0.39, 0.29) is 12.6 Å². The summed E-state index contributed by atoms with van der Waals surface area (Å²) in [7, 11) is 0. The van der Waals surface area contributed by atoms with E-state index < -0.39 is 30.3 Å². The van der Waals surface area contributed by atoms with Gasteiger partial charge in [-0.3, -0.25) is 14.4 Å². The van der Waals surface area contributed by atoms with Gasteiger partial charge in [-0.25, -0.2) is 0 Å². The van der Waals surface area contributed by atoms with Gasteiger partial charge in [-0.1, -0.05) is 13.3 Å². The van der Waals surface area contributed by atoms with Crippen LogP contribution in [0, 0.1) is 0 Å². The van der Waals surface area contributed by atoms with Gasteiger partial charge in [-0.2, -0.15) is 0 Å². The molecule has 0 aromatic carbocycles. The minimum atomic E-state index is -1.13. The van der Waals surface area contributed by atoms with Gasteiger partial charge >= 0.3 is 11.9 Å². The van der Waals surface area contributed by atoms with Crippen LogP contribution in [0.2, 0.25) is 0 Å². The lowest BCUT2D eigenvalue weighted by Gasteiger charge is -2.19. The van der Waals surface area contributed by atoms with Gasteiger partial charge in [-0.05, 0) is 6.42 Å². The van der Waals surface area contributed by atoms with Crippen molar-refractivity contribution in [1.29, 1.82) is 0 Å². The molecule has 0 fully saturated rings. The number of amides is 1. The molecule has 0 spiro atoms. The third-order valence-electron chi connectivity index (χ3n) is 2.20. The molecule has 0 saturated heterocycles. The lowest BCUT2D eigenvalue weighted by Crippen LogP contribution is -2.47. The smallest absolute Gasteiger partial charge is 0.305 e. The van der Waals surface area contributed by atoms with Crippen LogP contribution in [-0.4, -0.2) is 41.6 Å². The van der Waals surface area contributed by atoms with Crippen molar-refractivity contribution in [2.45, 2.75) is 45.2 Å². The van der Waals surface area contributed by atoms with E-state index in [0.717, 1.165) is 6.42 Å². The molecule has 7 heteroatoms. The molecule has 1 amide bonds. The first-order valence-corrected chi connectivity index (χ1v) is 5.77. The van der Waals surface area contributed by atoms with Crippen molar-refractivity contribution < 1.29 is 24.2 Å². The van der Waals surface area contributed by atoms with Crippen LogP contribution >= 0.6 is 0 Å². The summed E-state index contributed by atoms with van der Waals surface area (Å²) in [5.74, 6) is -2.12. The Labute approximate surface area is 106 Å². The Balaban J connectivity index is 4.25. The summed E-state index contributed by atoms with van der Waals surface area (Å²) < 4.78 is 4.81. The van der Waals surface area contributed by atoms with Gasteiger partial charge in [0, 0.05) is 6.92 Å². The van der Waals surface area contributed by atoms with Gasteiger partial charge in [0.25, 0.3) is 0 Å². The van der Waals surface area contributed by atoms with Crippen LogP contribution in [0.5, 0.6) is 0 Å². The molecule has 0 aliphatic rings. The van der Waals surface area contributed by atoms with Crippen LogP contribution in [0.25, 0.3) is 0 Å². The molecule has 0 aromatic heterocycles. The van der Waals surface area contributed by atoms with Gasteiger partial charge in [0.2, 0.25) is 5.91 Å². The summed E-state index contributed by atoms with van der Waals surface area (Å²) in [4.78, 5) is 32.7. The first kappa shape index (κ1) is 16.4. The molecule has 0 aromatic rings. The number of rotatable bonds is 8. The summed E-state index contributed by atoms with van der Waals surface area (Å²) in [5.41, 5.74) is 5.42. The summed E-state index contributed by atoms with van der Waals surface area (Å²) in [6.07, 6.45) is 0.984. The number of hydrogen-bond acceptors (Lipinski definition) is 5. The van der Waals surface area contributed by atoms with E-state index in [1.54, 1.807) is 0 Å². The van der Waals surface area contributed by atoms with E-state index in [4.69, 9.17) is 15.6 Å². The maximum atomic E-state index is 11.6. The number of aliphatic carboxylic acids is 1. The van der Waals surface area contributed by atoms with Crippen LogP contribution in [0.4, 0.5) is 0 Å². The van der Waals surface area contributed by atoms with Crippen LogP contribution in [0.3, 0.4) is 0 Å². The minimum Gasteiger partial charge on any atom is -0.481 e. The highest BCUT2D eigenvalue weighted by Gasteiger charge is 2.20. The fourth-order valence-electron chi connectivity index (χ4n) is 1.35. The largest absolute Gasteiger partial charge is 0.481 e. The van der Waals surface area contributed by atoms with E-state index in [1.165, 1.54) is 6.92 Å². The van der Waals surface area contributed by atoms with Crippen molar-refractivity contribution in [3.05, 3.63) is 0 Å². The van der Waals surface area contributed by atoms with Crippen LogP contribution in [0.15, 0.2) is 0 Å². The zero-order chi connectivity index (χ0) is 14.1.